The highest BCUT2D eigenvalue weighted by Crippen LogP contribution is 2.28. The second-order valence-electron chi connectivity index (χ2n) is 16.6. The van der Waals surface area contributed by atoms with Crippen LogP contribution < -0.4 is 26.1 Å². The lowest BCUT2D eigenvalue weighted by Gasteiger charge is -2.36. The Bertz CT molecular complexity index is 2050. The molecule has 14 heteroatoms. The number of methoxy groups -OCH3 is 1. The first-order valence-corrected chi connectivity index (χ1v) is 20.9. The van der Waals surface area contributed by atoms with E-state index in [4.69, 9.17) is 9.47 Å². The zero-order valence-corrected chi connectivity index (χ0v) is 36.1. The first-order valence-electron chi connectivity index (χ1n) is 20.9. The zero-order chi connectivity index (χ0) is 43.9. The van der Waals surface area contributed by atoms with E-state index in [1.54, 1.807) is 9.91 Å². The standard InChI is InChI=1S/C47H61N7O7/c1-7-32(2)43(40-27-48-45(58)54(40)29-36-20-14-16-33(3)50-36)44(57)51-39(25-34-17-10-8-11-18-34)41(55)30-53(52-42(56)26-47(4,5)31-49-46(59)60-6)28-35-19-15-23-38(24-35)61-37-21-12-9-13-22-37/h8-24,32,39-41,43,55H,7,25-31H2,1-6H3,(H,48,58)(H,49,59)(H,51,57)(H,52,56). The van der Waals surface area contributed by atoms with E-state index in [0.29, 0.717) is 24.3 Å². The number of hydrogen-bond acceptors (Lipinski definition) is 9. The second-order valence-corrected chi connectivity index (χ2v) is 16.6. The van der Waals surface area contributed by atoms with Gasteiger partial charge in [-0.25, -0.2) is 14.6 Å². The Hall–Kier alpha value is -5.99. The maximum Gasteiger partial charge on any atom is 0.406 e. The fourth-order valence-electron chi connectivity index (χ4n) is 7.57. The van der Waals surface area contributed by atoms with Gasteiger partial charge in [-0.05, 0) is 72.2 Å². The van der Waals surface area contributed by atoms with Gasteiger partial charge in [-0.15, -0.1) is 0 Å². The summed E-state index contributed by atoms with van der Waals surface area (Å²) in [7, 11) is 1.28. The quantitative estimate of drug-likeness (QED) is 0.0619. The molecule has 61 heavy (non-hydrogen) atoms. The van der Waals surface area contributed by atoms with Gasteiger partial charge in [0.2, 0.25) is 11.8 Å². The lowest BCUT2D eigenvalue weighted by molar-refractivity contribution is -0.132. The van der Waals surface area contributed by atoms with Crippen molar-refractivity contribution in [1.29, 1.82) is 0 Å². The van der Waals surface area contributed by atoms with Gasteiger partial charge in [-0.3, -0.25) is 20.0 Å². The summed E-state index contributed by atoms with van der Waals surface area (Å²) in [5, 5.41) is 22.7. The number of hydrazine groups is 1. The SMILES string of the molecule is CCC(C)C(C(=O)NC(Cc1ccccc1)C(O)CN(Cc1cccc(Oc2ccccc2)c1)NC(=O)CC(C)(C)CNC(=O)OC)C1CNC(=O)N1Cc1cccc(C)n1. The maximum absolute atomic E-state index is 14.7. The molecule has 1 fully saturated rings. The van der Waals surface area contributed by atoms with Crippen molar-refractivity contribution in [2.24, 2.45) is 17.3 Å². The molecule has 1 aliphatic heterocycles. The highest BCUT2D eigenvalue weighted by molar-refractivity contribution is 5.83. The summed E-state index contributed by atoms with van der Waals surface area (Å²) in [5.41, 5.74) is 5.63. The summed E-state index contributed by atoms with van der Waals surface area (Å²) < 4.78 is 10.8. The number of pyridine rings is 1. The Morgan fingerprint density at radius 3 is 2.33 bits per heavy atom. The van der Waals surface area contributed by atoms with Crippen molar-refractivity contribution in [3.63, 3.8) is 0 Å². The van der Waals surface area contributed by atoms with Gasteiger partial charge in [0.1, 0.15) is 11.5 Å². The second kappa shape index (κ2) is 22.0. The summed E-state index contributed by atoms with van der Waals surface area (Å²) >= 11 is 0. The van der Waals surface area contributed by atoms with E-state index < -0.39 is 35.6 Å². The number of alkyl carbamates (subject to hydrolysis) is 1. The Labute approximate surface area is 359 Å². The van der Waals surface area contributed by atoms with Gasteiger partial charge < -0.3 is 35.4 Å². The number of rotatable bonds is 21. The predicted molar refractivity (Wildman–Crippen MR) is 233 cm³/mol. The van der Waals surface area contributed by atoms with Crippen LogP contribution in [0.4, 0.5) is 9.59 Å². The van der Waals surface area contributed by atoms with Gasteiger partial charge in [-0.1, -0.05) is 101 Å². The smallest absolute Gasteiger partial charge is 0.406 e. The molecule has 0 radical (unpaired) electrons. The summed E-state index contributed by atoms with van der Waals surface area (Å²) in [6.07, 6.45) is -0.734. The molecule has 14 nitrogen and oxygen atoms in total. The van der Waals surface area contributed by atoms with Crippen LogP contribution >= 0.6 is 0 Å². The topological polar surface area (TPSA) is 174 Å². The lowest BCUT2D eigenvalue weighted by Crippen LogP contribution is -2.56. The van der Waals surface area contributed by atoms with Gasteiger partial charge in [0.15, 0.2) is 0 Å². The number of carbonyl (C=O) groups is 4. The van der Waals surface area contributed by atoms with Gasteiger partial charge in [0.25, 0.3) is 0 Å². The van der Waals surface area contributed by atoms with Gasteiger partial charge in [0.05, 0.1) is 43.5 Å². The molecule has 0 saturated carbocycles. The number of nitrogens with one attached hydrogen (secondary N) is 4. The van der Waals surface area contributed by atoms with Crippen LogP contribution in [0.2, 0.25) is 0 Å². The molecule has 1 aromatic heterocycles. The first-order chi connectivity index (χ1) is 29.2. The molecule has 5 N–H and O–H groups in total. The van der Waals surface area contributed by atoms with Gasteiger partial charge >= 0.3 is 12.1 Å². The Morgan fingerprint density at radius 2 is 1.64 bits per heavy atom. The number of amides is 5. The number of benzene rings is 3. The number of aliphatic hydroxyl groups is 1. The van der Waals surface area contributed by atoms with Crippen LogP contribution in [-0.4, -0.2) is 88.9 Å². The van der Waals surface area contributed by atoms with E-state index >= 15 is 0 Å². The third kappa shape index (κ3) is 14.0. The van der Waals surface area contributed by atoms with Crippen LogP contribution in [0.5, 0.6) is 11.5 Å². The Morgan fingerprint density at radius 1 is 0.967 bits per heavy atom. The zero-order valence-electron chi connectivity index (χ0n) is 36.1. The van der Waals surface area contributed by atoms with Crippen LogP contribution in [0, 0.1) is 24.2 Å². The minimum atomic E-state index is -1.17. The molecule has 5 unspecified atom stereocenters. The molecule has 5 amide bonds. The first kappa shape index (κ1) is 46.1. The average molecular weight is 836 g/mol. The number of para-hydroxylation sites is 1. The van der Waals surface area contributed by atoms with Crippen molar-refractivity contribution in [3.8, 4) is 11.5 Å². The molecule has 0 aliphatic carbocycles. The minimum absolute atomic E-state index is 0.0459. The number of urea groups is 1. The molecule has 5 rings (SSSR count). The number of nitrogens with zero attached hydrogens (tertiary/aromatic N) is 3. The molecule has 326 valence electrons. The van der Waals surface area contributed by atoms with Crippen LogP contribution in [-0.2, 0) is 33.8 Å². The molecule has 1 aliphatic rings. The maximum atomic E-state index is 14.7. The van der Waals surface area contributed by atoms with Crippen LogP contribution in [0.3, 0.4) is 0 Å². The fraction of sp³-hybridized carbons (Fsp3) is 0.426. The molecular formula is C47H61N7O7. The molecule has 4 aromatic rings. The number of carbonyl (C=O) groups excluding carboxylic acids is 4. The van der Waals surface area contributed by atoms with Crippen molar-refractivity contribution in [1.82, 2.24) is 36.3 Å². The van der Waals surface area contributed by atoms with Gasteiger partial charge in [-0.2, -0.15) is 0 Å². The number of aliphatic hydroxyl groups excluding tert-OH is 1. The minimum Gasteiger partial charge on any atom is -0.457 e. The van der Waals surface area contributed by atoms with Crippen LogP contribution in [0.15, 0.2) is 103 Å². The average Bonchev–Trinajstić information content (AvgIpc) is 3.58. The molecule has 5 atom stereocenters. The van der Waals surface area contributed by atoms with Crippen LogP contribution in [0.1, 0.15) is 63.1 Å². The largest absolute Gasteiger partial charge is 0.457 e. The summed E-state index contributed by atoms with van der Waals surface area (Å²) in [4.78, 5) is 59.8. The summed E-state index contributed by atoms with van der Waals surface area (Å²) in [5.74, 6) is -0.0580. The van der Waals surface area contributed by atoms with E-state index in [0.717, 1.165) is 22.5 Å². The van der Waals surface area contributed by atoms with E-state index in [1.807, 2.05) is 138 Å². The highest BCUT2D eigenvalue weighted by atomic mass is 16.5. The molecule has 0 spiro atoms. The number of aromatic nitrogens is 1. The van der Waals surface area contributed by atoms with Crippen molar-refractivity contribution in [2.75, 3.05) is 26.7 Å². The Balaban J connectivity index is 1.40. The number of aryl methyl sites for hydroxylation is 1. The molecule has 2 heterocycles. The highest BCUT2D eigenvalue weighted by Gasteiger charge is 2.43. The third-order valence-corrected chi connectivity index (χ3v) is 10.9. The monoisotopic (exact) mass is 835 g/mol. The lowest BCUT2D eigenvalue weighted by atomic mass is 9.83. The van der Waals surface area contributed by atoms with E-state index in [-0.39, 0.29) is 62.9 Å². The Kier molecular flexibility index (Phi) is 16.6. The number of hydrogen-bond donors (Lipinski definition) is 5. The third-order valence-electron chi connectivity index (χ3n) is 10.9. The van der Waals surface area contributed by atoms with E-state index in [9.17, 15) is 24.3 Å². The van der Waals surface area contributed by atoms with Crippen molar-refractivity contribution in [2.45, 2.75) is 85.2 Å². The number of ether oxygens (including phenoxy) is 2. The molecule has 0 bridgehead atoms. The van der Waals surface area contributed by atoms with Crippen molar-refractivity contribution >= 4 is 23.9 Å². The van der Waals surface area contributed by atoms with Gasteiger partial charge in [0, 0.05) is 38.3 Å². The fourth-order valence-corrected chi connectivity index (χ4v) is 7.57. The predicted octanol–water partition coefficient (Wildman–Crippen LogP) is 6.13. The van der Waals surface area contributed by atoms with Crippen LogP contribution in [0.25, 0.3) is 0 Å². The van der Waals surface area contributed by atoms with E-state index in [1.165, 1.54) is 7.11 Å². The normalized spacial score (nSPS) is 15.9. The van der Waals surface area contributed by atoms with Crippen molar-refractivity contribution < 1.29 is 33.8 Å². The summed E-state index contributed by atoms with van der Waals surface area (Å²) in [6, 6.07) is 30.7. The van der Waals surface area contributed by atoms with Crippen molar-refractivity contribution in [3.05, 3.63) is 126 Å². The van der Waals surface area contributed by atoms with E-state index in [2.05, 4.69) is 26.4 Å². The molecular weight excluding hydrogens is 775 g/mol. The molecule has 3 aromatic carbocycles. The summed E-state index contributed by atoms with van der Waals surface area (Å²) in [6.45, 7) is 10.5. The molecule has 1 saturated heterocycles.